The van der Waals surface area contributed by atoms with Crippen LogP contribution >= 0.6 is 0 Å². The molecule has 0 atom stereocenters. The fraction of sp³-hybridized carbons (Fsp3) is 0.120. The second-order valence-corrected chi connectivity index (χ2v) is 7.30. The fourth-order valence-corrected chi connectivity index (χ4v) is 3.62. The maximum Gasteiger partial charge on any atom is 0.337 e. The predicted molar refractivity (Wildman–Crippen MR) is 122 cm³/mol. The van der Waals surface area contributed by atoms with Crippen LogP contribution in [-0.2, 0) is 15.1 Å². The van der Waals surface area contributed by atoms with Crippen LogP contribution in [0.1, 0.15) is 33.5 Å². The molecule has 0 fully saturated rings. The number of methoxy groups -OCH3 is 1. The third-order valence-corrected chi connectivity index (χ3v) is 5.32. The SMILES string of the molecule is COC(=O)c1ccc(/C=N\NC(=O)C2=NNC(c3ccccc3)(c3ccccc3)C2)cc1. The topological polar surface area (TPSA) is 92.1 Å². The maximum atomic E-state index is 12.7. The van der Waals surface area contributed by atoms with Crippen molar-refractivity contribution in [2.75, 3.05) is 7.11 Å². The Morgan fingerprint density at radius 1 is 0.969 bits per heavy atom. The van der Waals surface area contributed by atoms with E-state index >= 15 is 0 Å². The lowest BCUT2D eigenvalue weighted by Gasteiger charge is -2.30. The van der Waals surface area contributed by atoms with Crippen LogP contribution in [0.25, 0.3) is 0 Å². The van der Waals surface area contributed by atoms with Crippen molar-refractivity contribution in [3.63, 3.8) is 0 Å². The molecule has 7 nitrogen and oxygen atoms in total. The van der Waals surface area contributed by atoms with Gasteiger partial charge in [0.05, 0.1) is 18.9 Å². The fourth-order valence-electron chi connectivity index (χ4n) is 3.62. The smallest absolute Gasteiger partial charge is 0.337 e. The highest BCUT2D eigenvalue weighted by molar-refractivity contribution is 6.39. The van der Waals surface area contributed by atoms with Gasteiger partial charge in [0, 0.05) is 6.42 Å². The molecular formula is C25H22N4O3. The highest BCUT2D eigenvalue weighted by atomic mass is 16.5. The summed E-state index contributed by atoms with van der Waals surface area (Å²) in [6.07, 6.45) is 1.89. The maximum absolute atomic E-state index is 12.7. The Morgan fingerprint density at radius 2 is 1.56 bits per heavy atom. The van der Waals surface area contributed by atoms with E-state index in [4.69, 9.17) is 0 Å². The highest BCUT2D eigenvalue weighted by Crippen LogP contribution is 2.36. The molecule has 0 aromatic heterocycles. The monoisotopic (exact) mass is 426 g/mol. The zero-order chi connectivity index (χ0) is 22.4. The molecule has 7 heteroatoms. The summed E-state index contributed by atoms with van der Waals surface area (Å²) in [5.74, 6) is -0.789. The Labute approximate surface area is 185 Å². The number of nitrogens with zero attached hydrogens (tertiary/aromatic N) is 2. The molecule has 3 aromatic rings. The predicted octanol–water partition coefficient (Wildman–Crippen LogP) is 3.22. The molecular weight excluding hydrogens is 404 g/mol. The summed E-state index contributed by atoms with van der Waals surface area (Å²) in [7, 11) is 1.33. The summed E-state index contributed by atoms with van der Waals surface area (Å²) in [5, 5.41) is 8.36. The Hall–Kier alpha value is -4.26. The molecule has 160 valence electrons. The second-order valence-electron chi connectivity index (χ2n) is 7.30. The third kappa shape index (κ3) is 4.27. The summed E-state index contributed by atoms with van der Waals surface area (Å²) in [5.41, 5.74) is 8.67. The van der Waals surface area contributed by atoms with E-state index in [0.29, 0.717) is 17.7 Å². The lowest BCUT2D eigenvalue weighted by atomic mass is 9.80. The molecule has 0 unspecified atom stereocenters. The summed E-state index contributed by atoms with van der Waals surface area (Å²) < 4.78 is 4.68. The number of hydrogen-bond donors (Lipinski definition) is 2. The Bertz CT molecular complexity index is 1120. The van der Waals surface area contributed by atoms with Gasteiger partial charge in [0.15, 0.2) is 0 Å². The van der Waals surface area contributed by atoms with Gasteiger partial charge in [-0.2, -0.15) is 10.2 Å². The number of esters is 1. The van der Waals surface area contributed by atoms with Crippen LogP contribution in [0.5, 0.6) is 0 Å². The Morgan fingerprint density at radius 3 is 2.12 bits per heavy atom. The van der Waals surface area contributed by atoms with E-state index < -0.39 is 11.5 Å². The van der Waals surface area contributed by atoms with Crippen LogP contribution in [0, 0.1) is 0 Å². The van der Waals surface area contributed by atoms with Gasteiger partial charge in [-0.25, -0.2) is 10.2 Å². The molecule has 0 saturated carbocycles. The zero-order valence-corrected chi connectivity index (χ0v) is 17.5. The van der Waals surface area contributed by atoms with Crippen molar-refractivity contribution >= 4 is 23.8 Å². The normalized spacial score (nSPS) is 14.5. The first-order valence-electron chi connectivity index (χ1n) is 10.1. The summed E-state index contributed by atoms with van der Waals surface area (Å²) in [6, 6.07) is 26.6. The average Bonchev–Trinajstić information content (AvgIpc) is 3.32. The van der Waals surface area contributed by atoms with Gasteiger partial charge in [-0.1, -0.05) is 72.8 Å². The number of hydrazone groups is 2. The van der Waals surface area contributed by atoms with E-state index in [9.17, 15) is 9.59 Å². The van der Waals surface area contributed by atoms with Gasteiger partial charge in [0.25, 0.3) is 5.91 Å². The van der Waals surface area contributed by atoms with E-state index in [1.165, 1.54) is 13.3 Å². The molecule has 4 rings (SSSR count). The van der Waals surface area contributed by atoms with Crippen LogP contribution in [-0.4, -0.2) is 30.9 Å². The molecule has 1 amide bonds. The minimum Gasteiger partial charge on any atom is -0.465 e. The van der Waals surface area contributed by atoms with Crippen molar-refractivity contribution in [1.82, 2.24) is 10.9 Å². The quantitative estimate of drug-likeness (QED) is 0.360. The molecule has 0 aliphatic carbocycles. The second kappa shape index (κ2) is 9.26. The van der Waals surface area contributed by atoms with Crippen LogP contribution < -0.4 is 10.9 Å². The molecule has 0 radical (unpaired) electrons. The van der Waals surface area contributed by atoms with Crippen molar-refractivity contribution < 1.29 is 14.3 Å². The number of carbonyl (C=O) groups excluding carboxylic acids is 2. The van der Waals surface area contributed by atoms with E-state index in [2.05, 4.69) is 25.8 Å². The van der Waals surface area contributed by atoms with E-state index in [1.807, 2.05) is 60.7 Å². The van der Waals surface area contributed by atoms with Crippen molar-refractivity contribution in [3.8, 4) is 0 Å². The van der Waals surface area contributed by atoms with Crippen molar-refractivity contribution in [2.45, 2.75) is 12.0 Å². The minimum absolute atomic E-state index is 0.357. The number of hydrogen-bond acceptors (Lipinski definition) is 6. The highest BCUT2D eigenvalue weighted by Gasteiger charge is 2.41. The summed E-state index contributed by atoms with van der Waals surface area (Å²) >= 11 is 0. The molecule has 1 aliphatic rings. The average molecular weight is 426 g/mol. The van der Waals surface area contributed by atoms with Crippen LogP contribution in [0.3, 0.4) is 0 Å². The van der Waals surface area contributed by atoms with Crippen molar-refractivity contribution in [2.24, 2.45) is 10.2 Å². The zero-order valence-electron chi connectivity index (χ0n) is 17.5. The van der Waals surface area contributed by atoms with Crippen molar-refractivity contribution in [1.29, 1.82) is 0 Å². The van der Waals surface area contributed by atoms with E-state index in [-0.39, 0.29) is 5.91 Å². The number of carbonyl (C=O) groups is 2. The number of benzene rings is 3. The molecule has 1 aliphatic heterocycles. The van der Waals surface area contributed by atoms with Gasteiger partial charge in [-0.05, 0) is 28.8 Å². The minimum atomic E-state index is -0.622. The molecule has 0 bridgehead atoms. The number of nitrogens with one attached hydrogen (secondary N) is 2. The number of amides is 1. The molecule has 32 heavy (non-hydrogen) atoms. The van der Waals surface area contributed by atoms with E-state index in [0.717, 1.165) is 16.7 Å². The standard InChI is InChI=1S/C25H22N4O3/c1-32-24(31)19-14-12-18(13-15-19)17-26-28-23(30)22-16-25(29-27-22,20-8-4-2-5-9-20)21-10-6-3-7-11-21/h2-15,17,29H,16H2,1H3,(H,28,30)/b26-17-. The first-order valence-corrected chi connectivity index (χ1v) is 10.1. The summed E-state index contributed by atoms with van der Waals surface area (Å²) in [6.45, 7) is 0. The largest absolute Gasteiger partial charge is 0.465 e. The first-order chi connectivity index (χ1) is 15.6. The van der Waals surface area contributed by atoms with Crippen LogP contribution in [0.2, 0.25) is 0 Å². The van der Waals surface area contributed by atoms with Gasteiger partial charge >= 0.3 is 5.97 Å². The van der Waals surface area contributed by atoms with Gasteiger partial charge in [-0.15, -0.1) is 0 Å². The summed E-state index contributed by atoms with van der Waals surface area (Å²) in [4.78, 5) is 24.2. The van der Waals surface area contributed by atoms with Gasteiger partial charge in [0.1, 0.15) is 11.3 Å². The number of ether oxygens (including phenoxy) is 1. The molecule has 0 spiro atoms. The number of rotatable bonds is 6. The van der Waals surface area contributed by atoms with Crippen molar-refractivity contribution in [3.05, 3.63) is 107 Å². The molecule has 1 heterocycles. The molecule has 3 aromatic carbocycles. The van der Waals surface area contributed by atoms with Gasteiger partial charge in [0.2, 0.25) is 0 Å². The lowest BCUT2D eigenvalue weighted by molar-refractivity contribution is -0.114. The third-order valence-electron chi connectivity index (χ3n) is 5.32. The van der Waals surface area contributed by atoms with Gasteiger partial charge < -0.3 is 4.74 Å². The molecule has 2 N–H and O–H groups in total. The lowest BCUT2D eigenvalue weighted by Crippen LogP contribution is -2.38. The van der Waals surface area contributed by atoms with Crippen LogP contribution in [0.4, 0.5) is 0 Å². The van der Waals surface area contributed by atoms with Gasteiger partial charge in [-0.3, -0.25) is 10.2 Å². The first kappa shape index (κ1) is 21.0. The Kier molecular flexibility index (Phi) is 6.07. The molecule has 0 saturated heterocycles. The Balaban J connectivity index is 1.46. The van der Waals surface area contributed by atoms with Crippen LogP contribution in [0.15, 0.2) is 95.1 Å². The van der Waals surface area contributed by atoms with E-state index in [1.54, 1.807) is 24.3 Å².